The fourth-order valence-corrected chi connectivity index (χ4v) is 4.34. The predicted molar refractivity (Wildman–Crippen MR) is 47.6 cm³/mol. The number of piperidine rings is 1. The molecule has 2 fully saturated rings. The third-order valence-electron chi connectivity index (χ3n) is 3.38. The normalized spacial score (nSPS) is 36.8. The zero-order chi connectivity index (χ0) is 8.49. The molecule has 11 heavy (non-hydrogen) atoms. The maximum atomic E-state index is 2.67. The van der Waals surface area contributed by atoms with Gasteiger partial charge in [0.15, 0.2) is 0 Å². The first-order chi connectivity index (χ1) is 4.78. The van der Waals surface area contributed by atoms with Gasteiger partial charge in [0.05, 0.1) is 0 Å². The minimum Gasteiger partial charge on any atom is -0.287 e. The topological polar surface area (TPSA) is 3.24 Å². The Hall–Kier alpha value is -0.0400. The maximum Gasteiger partial charge on any atom is 0.0226 e. The molecule has 0 saturated carbocycles. The maximum absolute atomic E-state index is 2.67. The lowest BCUT2D eigenvalue weighted by Crippen LogP contribution is -2.85. The Morgan fingerprint density at radius 2 is 1.18 bits per heavy atom. The van der Waals surface area contributed by atoms with Crippen molar-refractivity contribution in [3.8, 4) is 0 Å². The van der Waals surface area contributed by atoms with Crippen LogP contribution >= 0.6 is 0 Å². The Morgan fingerprint density at radius 1 is 0.818 bits per heavy atom. The van der Waals surface area contributed by atoms with Gasteiger partial charge in [-0.25, -0.2) is 0 Å². The summed E-state index contributed by atoms with van der Waals surface area (Å²) in [6, 6.07) is 0. The van der Waals surface area contributed by atoms with Crippen LogP contribution in [0.5, 0.6) is 0 Å². The van der Waals surface area contributed by atoms with Crippen LogP contribution in [0, 0.1) is 0 Å². The van der Waals surface area contributed by atoms with E-state index in [9.17, 15) is 0 Å². The fraction of sp³-hybridized carbons (Fsp3) is 1.00. The highest BCUT2D eigenvalue weighted by molar-refractivity contribution is 5.23. The zero-order valence-corrected chi connectivity index (χ0v) is 8.36. The second-order valence-electron chi connectivity index (χ2n) is 5.81. The molecule has 0 spiro atoms. The van der Waals surface area contributed by atoms with Crippen LogP contribution in [0.1, 0.15) is 47.5 Å². The quantitative estimate of drug-likeness (QED) is 0.516. The second-order valence-corrected chi connectivity index (χ2v) is 5.81. The Kier molecular flexibility index (Phi) is 1.05. The molecule has 64 valence electrons. The Bertz CT molecular complexity index is 169. The van der Waals surface area contributed by atoms with Gasteiger partial charge in [0.2, 0.25) is 0 Å². The van der Waals surface area contributed by atoms with E-state index in [-0.39, 0.29) is 0 Å². The minimum absolute atomic E-state index is 0.469. The van der Waals surface area contributed by atoms with Gasteiger partial charge in [-0.15, -0.1) is 0 Å². The van der Waals surface area contributed by atoms with Crippen molar-refractivity contribution in [2.75, 3.05) is 0 Å². The van der Waals surface area contributed by atoms with Gasteiger partial charge < -0.3 is 0 Å². The van der Waals surface area contributed by atoms with Crippen LogP contribution in [0.2, 0.25) is 0 Å². The van der Waals surface area contributed by atoms with Crippen molar-refractivity contribution in [3.63, 3.8) is 0 Å². The van der Waals surface area contributed by atoms with Crippen molar-refractivity contribution in [1.82, 2.24) is 4.90 Å². The third-order valence-corrected chi connectivity index (χ3v) is 3.38. The molecule has 0 unspecified atom stereocenters. The summed E-state index contributed by atoms with van der Waals surface area (Å²) in [7, 11) is 0. The standard InChI is InChI=1S/C10H19N/c1-8(2)6-10(5)7-9(3,4)11(8)10/h6-7H2,1-5H3. The molecule has 2 aliphatic rings. The van der Waals surface area contributed by atoms with Crippen LogP contribution in [0.4, 0.5) is 0 Å². The smallest absolute Gasteiger partial charge is 0.0226 e. The lowest BCUT2D eigenvalue weighted by Gasteiger charge is -2.77. The number of hydrogen-bond donors (Lipinski definition) is 0. The molecule has 0 aliphatic carbocycles. The van der Waals surface area contributed by atoms with E-state index in [1.165, 1.54) is 12.8 Å². The van der Waals surface area contributed by atoms with E-state index in [0.717, 1.165) is 0 Å². The molecule has 0 aromatic carbocycles. The summed E-state index contributed by atoms with van der Waals surface area (Å²) in [6.07, 6.45) is 2.76. The zero-order valence-electron chi connectivity index (χ0n) is 8.36. The molecule has 0 radical (unpaired) electrons. The van der Waals surface area contributed by atoms with E-state index in [4.69, 9.17) is 0 Å². The summed E-state index contributed by atoms with van der Waals surface area (Å²) in [4.78, 5) is 2.67. The molecule has 0 amide bonds. The Balaban J connectivity index is 2.23. The van der Waals surface area contributed by atoms with Gasteiger partial charge in [-0.1, -0.05) is 0 Å². The van der Waals surface area contributed by atoms with Gasteiger partial charge in [-0.3, -0.25) is 4.90 Å². The summed E-state index contributed by atoms with van der Waals surface area (Å²) in [6.45, 7) is 11.8. The van der Waals surface area contributed by atoms with Gasteiger partial charge in [0.1, 0.15) is 0 Å². The van der Waals surface area contributed by atoms with E-state index in [1.807, 2.05) is 0 Å². The molecule has 2 saturated heterocycles. The van der Waals surface area contributed by atoms with Crippen molar-refractivity contribution < 1.29 is 0 Å². The van der Waals surface area contributed by atoms with Crippen LogP contribution in [0.15, 0.2) is 0 Å². The molecule has 0 N–H and O–H groups in total. The van der Waals surface area contributed by atoms with Crippen LogP contribution in [0.25, 0.3) is 0 Å². The summed E-state index contributed by atoms with van der Waals surface area (Å²) in [5, 5.41) is 0. The molecule has 1 heteroatoms. The van der Waals surface area contributed by atoms with Crippen molar-refractivity contribution in [3.05, 3.63) is 0 Å². The number of hydrogen-bond acceptors (Lipinski definition) is 1. The average molecular weight is 153 g/mol. The fourth-order valence-electron chi connectivity index (χ4n) is 4.34. The first kappa shape index (κ1) is 7.60. The molecule has 2 aliphatic heterocycles. The van der Waals surface area contributed by atoms with E-state index >= 15 is 0 Å². The van der Waals surface area contributed by atoms with Crippen LogP contribution in [-0.4, -0.2) is 21.5 Å². The summed E-state index contributed by atoms with van der Waals surface area (Å²) in [5.74, 6) is 0. The van der Waals surface area contributed by atoms with Crippen LogP contribution in [0.3, 0.4) is 0 Å². The highest BCUT2D eigenvalue weighted by atomic mass is 15.4. The Morgan fingerprint density at radius 3 is 1.27 bits per heavy atom. The lowest BCUT2D eigenvalue weighted by molar-refractivity contribution is -0.266. The number of rotatable bonds is 0. The molecular weight excluding hydrogens is 134 g/mol. The number of fused-ring (bicyclic) bond motifs is 1. The highest BCUT2D eigenvalue weighted by Crippen LogP contribution is 2.61. The summed E-state index contributed by atoms with van der Waals surface area (Å²) in [5.41, 5.74) is 1.50. The predicted octanol–water partition coefficient (Wildman–Crippen LogP) is 2.41. The molecule has 2 rings (SSSR count). The van der Waals surface area contributed by atoms with Crippen molar-refractivity contribution in [2.45, 2.75) is 64.1 Å². The summed E-state index contributed by atoms with van der Waals surface area (Å²) < 4.78 is 0. The lowest BCUT2D eigenvalue weighted by atomic mass is 9.56. The first-order valence-electron chi connectivity index (χ1n) is 4.59. The monoisotopic (exact) mass is 153 g/mol. The molecule has 2 heterocycles. The second kappa shape index (κ2) is 1.52. The van der Waals surface area contributed by atoms with Crippen molar-refractivity contribution in [1.29, 1.82) is 0 Å². The van der Waals surface area contributed by atoms with Gasteiger partial charge in [-0.05, 0) is 47.5 Å². The molecule has 0 bridgehead atoms. The van der Waals surface area contributed by atoms with Crippen LogP contribution in [-0.2, 0) is 0 Å². The van der Waals surface area contributed by atoms with E-state index < -0.39 is 0 Å². The SMILES string of the molecule is CC1(C)CC2(C)CC(C)(C)N12. The minimum atomic E-state index is 0.469. The first-order valence-corrected chi connectivity index (χ1v) is 4.59. The van der Waals surface area contributed by atoms with Crippen molar-refractivity contribution >= 4 is 0 Å². The highest BCUT2D eigenvalue weighted by Gasteiger charge is 2.67. The van der Waals surface area contributed by atoms with Crippen LogP contribution < -0.4 is 0 Å². The molecule has 0 atom stereocenters. The van der Waals surface area contributed by atoms with Gasteiger partial charge in [0.25, 0.3) is 0 Å². The van der Waals surface area contributed by atoms with E-state index in [2.05, 4.69) is 39.5 Å². The molecular formula is C10H19N. The third kappa shape index (κ3) is 0.703. The number of nitrogens with zero attached hydrogens (tertiary/aromatic N) is 1. The summed E-state index contributed by atoms with van der Waals surface area (Å²) >= 11 is 0. The Labute approximate surface area is 69.8 Å². The van der Waals surface area contributed by atoms with Gasteiger partial charge in [-0.2, -0.15) is 0 Å². The average Bonchev–Trinajstić information content (AvgIpc) is 1.51. The van der Waals surface area contributed by atoms with Gasteiger partial charge >= 0.3 is 0 Å². The molecule has 1 nitrogen and oxygen atoms in total. The van der Waals surface area contributed by atoms with E-state index in [1.54, 1.807) is 0 Å². The van der Waals surface area contributed by atoms with E-state index in [0.29, 0.717) is 16.6 Å². The largest absolute Gasteiger partial charge is 0.287 e. The molecule has 0 aromatic rings. The van der Waals surface area contributed by atoms with Crippen molar-refractivity contribution in [2.24, 2.45) is 0 Å². The molecule has 0 aromatic heterocycles. The van der Waals surface area contributed by atoms with Gasteiger partial charge in [0, 0.05) is 16.6 Å².